The molecule has 1 fully saturated rings. The number of benzene rings is 2. The second-order valence-corrected chi connectivity index (χ2v) is 8.40. The first-order chi connectivity index (χ1) is 15.8. The number of imide groups is 1. The summed E-state index contributed by atoms with van der Waals surface area (Å²) < 4.78 is 6.63. The van der Waals surface area contributed by atoms with Gasteiger partial charge in [0.15, 0.2) is 0 Å². The van der Waals surface area contributed by atoms with Gasteiger partial charge in [0.1, 0.15) is 6.04 Å². The summed E-state index contributed by atoms with van der Waals surface area (Å²) in [5.41, 5.74) is 2.54. The number of nitro benzene ring substituents is 1. The number of hydrogen-bond donors (Lipinski definition) is 0. The van der Waals surface area contributed by atoms with Crippen LogP contribution in [0.15, 0.2) is 59.6 Å². The van der Waals surface area contributed by atoms with Gasteiger partial charge in [0.05, 0.1) is 16.9 Å². The smallest absolute Gasteiger partial charge is 0.328 e. The molecule has 2 aromatic carbocycles. The zero-order valence-corrected chi connectivity index (χ0v) is 18.6. The van der Waals surface area contributed by atoms with Gasteiger partial charge in [-0.15, -0.1) is 0 Å². The molecule has 2 heterocycles. The Morgan fingerprint density at radius 3 is 2.55 bits per heavy atom. The predicted molar refractivity (Wildman–Crippen MR) is 123 cm³/mol. The van der Waals surface area contributed by atoms with Crippen molar-refractivity contribution in [3.8, 4) is 0 Å². The monoisotopic (exact) mass is 465 g/mol. The van der Waals surface area contributed by atoms with Crippen molar-refractivity contribution in [1.29, 1.82) is 0 Å². The lowest BCUT2D eigenvalue weighted by Crippen LogP contribution is -2.42. The quantitative estimate of drug-likeness (QED) is 0.232. The van der Waals surface area contributed by atoms with Crippen LogP contribution in [0.1, 0.15) is 18.1 Å². The molecular weight excluding hydrogens is 446 g/mol. The normalized spacial score (nSPS) is 15.9. The molecule has 0 N–H and O–H groups in total. The highest BCUT2D eigenvalue weighted by molar-refractivity contribution is 8.18. The topological polar surface area (TPSA) is 112 Å². The van der Waals surface area contributed by atoms with Gasteiger partial charge in [-0.2, -0.15) is 0 Å². The van der Waals surface area contributed by atoms with Crippen molar-refractivity contribution in [2.45, 2.75) is 19.5 Å². The molecule has 1 saturated heterocycles. The van der Waals surface area contributed by atoms with Crippen LogP contribution in [0.4, 0.5) is 10.5 Å². The molecule has 1 aliphatic heterocycles. The van der Waals surface area contributed by atoms with Crippen LogP contribution in [0.3, 0.4) is 0 Å². The highest BCUT2D eigenvalue weighted by atomic mass is 32.2. The van der Waals surface area contributed by atoms with Crippen LogP contribution in [0, 0.1) is 10.1 Å². The van der Waals surface area contributed by atoms with E-state index in [2.05, 4.69) is 4.74 Å². The van der Waals surface area contributed by atoms with Gasteiger partial charge in [-0.25, -0.2) is 4.79 Å². The van der Waals surface area contributed by atoms with Gasteiger partial charge in [0.2, 0.25) is 0 Å². The number of methoxy groups -OCH3 is 1. The summed E-state index contributed by atoms with van der Waals surface area (Å²) in [6.07, 6.45) is 3.51. The minimum absolute atomic E-state index is 0.0220. The Balaban J connectivity index is 1.67. The summed E-state index contributed by atoms with van der Waals surface area (Å²) in [6.45, 7) is 1.91. The van der Waals surface area contributed by atoms with Crippen molar-refractivity contribution < 1.29 is 24.0 Å². The Kier molecular flexibility index (Phi) is 6.01. The Labute approximate surface area is 192 Å². The minimum atomic E-state index is -1.02. The van der Waals surface area contributed by atoms with Crippen LogP contribution in [-0.4, -0.2) is 44.7 Å². The van der Waals surface area contributed by atoms with Crippen LogP contribution >= 0.6 is 11.8 Å². The van der Waals surface area contributed by atoms with E-state index >= 15 is 0 Å². The van der Waals surface area contributed by atoms with Gasteiger partial charge >= 0.3 is 5.97 Å². The van der Waals surface area contributed by atoms with Crippen molar-refractivity contribution in [3.63, 3.8) is 0 Å². The van der Waals surface area contributed by atoms with Crippen LogP contribution < -0.4 is 0 Å². The fourth-order valence-electron chi connectivity index (χ4n) is 3.67. The second kappa shape index (κ2) is 8.91. The van der Waals surface area contributed by atoms with E-state index in [1.807, 2.05) is 35.0 Å². The molecule has 3 aromatic rings. The second-order valence-electron chi connectivity index (χ2n) is 7.40. The molecule has 0 spiro atoms. The standard InChI is InChI=1S/C23H19N3O6S/c1-14(22(28)32-2)25-21(27)20(33-23(25)29)11-16-13-24(19-6-4-3-5-18(16)19)12-15-7-9-17(10-8-15)26(30)31/h3-11,13-14H,12H2,1-2H3/b20-11+. The van der Waals surface area contributed by atoms with E-state index in [4.69, 9.17) is 0 Å². The molecule has 2 amide bonds. The SMILES string of the molecule is COC(=O)C(C)N1C(=O)S/C(=C/c2cn(Cc3ccc([N+](=O)[O-])cc3)c3ccccc23)C1=O. The Hall–Kier alpha value is -3.92. The average Bonchev–Trinajstić information content (AvgIpc) is 3.29. The zero-order valence-electron chi connectivity index (χ0n) is 17.8. The summed E-state index contributed by atoms with van der Waals surface area (Å²) in [5, 5.41) is 11.2. The fourth-order valence-corrected chi connectivity index (χ4v) is 4.57. The number of hydrogen-bond acceptors (Lipinski definition) is 7. The minimum Gasteiger partial charge on any atom is -0.467 e. The lowest BCUT2D eigenvalue weighted by atomic mass is 10.1. The molecule has 0 saturated carbocycles. The molecule has 1 aliphatic rings. The maximum Gasteiger partial charge on any atom is 0.328 e. The number of aromatic nitrogens is 1. The number of rotatable bonds is 6. The number of amides is 2. The molecule has 10 heteroatoms. The number of non-ortho nitro benzene ring substituents is 1. The van der Waals surface area contributed by atoms with E-state index in [-0.39, 0.29) is 10.6 Å². The van der Waals surface area contributed by atoms with Crippen molar-refractivity contribution in [3.05, 3.63) is 80.9 Å². The van der Waals surface area contributed by atoms with Crippen molar-refractivity contribution >= 4 is 51.5 Å². The Morgan fingerprint density at radius 2 is 1.88 bits per heavy atom. The lowest BCUT2D eigenvalue weighted by molar-refractivity contribution is -0.384. The van der Waals surface area contributed by atoms with Crippen LogP contribution in [0.2, 0.25) is 0 Å². The number of nitrogens with zero attached hydrogens (tertiary/aromatic N) is 3. The summed E-state index contributed by atoms with van der Waals surface area (Å²) in [5.74, 6) is -1.21. The number of thioether (sulfide) groups is 1. The molecule has 0 aliphatic carbocycles. The third-order valence-electron chi connectivity index (χ3n) is 5.36. The summed E-state index contributed by atoms with van der Waals surface area (Å²) in [7, 11) is 1.20. The number of ether oxygens (including phenoxy) is 1. The number of fused-ring (bicyclic) bond motifs is 1. The maximum atomic E-state index is 12.8. The molecule has 1 atom stereocenters. The highest BCUT2D eigenvalue weighted by Gasteiger charge is 2.41. The van der Waals surface area contributed by atoms with E-state index in [1.54, 1.807) is 18.2 Å². The first kappa shape index (κ1) is 22.3. The third kappa shape index (κ3) is 4.24. The number of nitro groups is 1. The van der Waals surface area contributed by atoms with Crippen molar-refractivity contribution in [1.82, 2.24) is 9.47 Å². The molecule has 0 bridgehead atoms. The van der Waals surface area contributed by atoms with Gasteiger partial charge in [-0.05, 0) is 36.4 Å². The Morgan fingerprint density at radius 1 is 1.18 bits per heavy atom. The van der Waals surface area contributed by atoms with E-state index in [9.17, 15) is 24.5 Å². The summed E-state index contributed by atoms with van der Waals surface area (Å²) in [6, 6.07) is 12.9. The number of esters is 1. The molecular formula is C23H19N3O6S. The molecule has 1 aromatic heterocycles. The summed E-state index contributed by atoms with van der Waals surface area (Å²) in [4.78, 5) is 48.6. The van der Waals surface area contributed by atoms with Crippen LogP contribution in [0.25, 0.3) is 17.0 Å². The first-order valence-corrected chi connectivity index (χ1v) is 10.8. The van der Waals surface area contributed by atoms with Crippen molar-refractivity contribution in [2.24, 2.45) is 0 Å². The largest absolute Gasteiger partial charge is 0.467 e. The average molecular weight is 465 g/mol. The van der Waals surface area contributed by atoms with Gasteiger partial charge < -0.3 is 9.30 Å². The van der Waals surface area contributed by atoms with E-state index in [1.165, 1.54) is 26.2 Å². The number of carbonyl (C=O) groups excluding carboxylic acids is 3. The number of carbonyl (C=O) groups is 3. The molecule has 4 rings (SSSR count). The molecule has 0 radical (unpaired) electrons. The van der Waals surface area contributed by atoms with Gasteiger partial charge in [0.25, 0.3) is 16.8 Å². The van der Waals surface area contributed by atoms with Gasteiger partial charge in [-0.3, -0.25) is 24.6 Å². The van der Waals surface area contributed by atoms with Gasteiger partial charge in [-0.1, -0.05) is 30.3 Å². The first-order valence-electron chi connectivity index (χ1n) is 9.96. The van der Waals surface area contributed by atoms with Crippen LogP contribution in [0.5, 0.6) is 0 Å². The fraction of sp³-hybridized carbons (Fsp3) is 0.174. The predicted octanol–water partition coefficient (Wildman–Crippen LogP) is 4.20. The van der Waals surface area contributed by atoms with Crippen molar-refractivity contribution in [2.75, 3.05) is 7.11 Å². The van der Waals surface area contributed by atoms with E-state index < -0.39 is 28.1 Å². The Bertz CT molecular complexity index is 1310. The van der Waals surface area contributed by atoms with E-state index in [0.29, 0.717) is 6.54 Å². The number of para-hydroxylation sites is 1. The third-order valence-corrected chi connectivity index (χ3v) is 6.24. The molecule has 168 valence electrons. The highest BCUT2D eigenvalue weighted by Crippen LogP contribution is 2.35. The molecule has 33 heavy (non-hydrogen) atoms. The zero-order chi connectivity index (χ0) is 23.7. The molecule has 1 unspecified atom stereocenters. The van der Waals surface area contributed by atoms with E-state index in [0.717, 1.165) is 38.7 Å². The summed E-state index contributed by atoms with van der Waals surface area (Å²) >= 11 is 0.777. The maximum absolute atomic E-state index is 12.8. The molecule has 9 nitrogen and oxygen atoms in total. The van der Waals surface area contributed by atoms with Crippen LogP contribution in [-0.2, 0) is 20.9 Å². The lowest BCUT2D eigenvalue weighted by Gasteiger charge is -2.18. The van der Waals surface area contributed by atoms with Gasteiger partial charge in [0, 0.05) is 41.3 Å².